The summed E-state index contributed by atoms with van der Waals surface area (Å²) in [6.07, 6.45) is 20.1. The van der Waals surface area contributed by atoms with Gasteiger partial charge in [0, 0.05) is 36.9 Å². The molecule has 45 heavy (non-hydrogen) atoms. The van der Waals surface area contributed by atoms with Crippen LogP contribution in [0.4, 0.5) is 4.79 Å². The van der Waals surface area contributed by atoms with Crippen molar-refractivity contribution in [1.82, 2.24) is 21.3 Å². The Morgan fingerprint density at radius 1 is 0.756 bits per heavy atom. The zero-order valence-corrected chi connectivity index (χ0v) is 29.5. The summed E-state index contributed by atoms with van der Waals surface area (Å²) in [5.74, 6) is 1.32. The van der Waals surface area contributed by atoms with Crippen LogP contribution in [-0.4, -0.2) is 74.8 Å². The van der Waals surface area contributed by atoms with E-state index in [1.165, 1.54) is 19.3 Å². The molecule has 0 aromatic heterocycles. The van der Waals surface area contributed by atoms with E-state index in [2.05, 4.69) is 28.2 Å². The third kappa shape index (κ3) is 19.7. The molecule has 0 bridgehead atoms. The van der Waals surface area contributed by atoms with Crippen molar-refractivity contribution in [2.24, 2.45) is 0 Å². The third-order valence-corrected chi connectivity index (χ3v) is 11.5. The fraction of sp³-hybridized carbons (Fsp3) is 0.909. The van der Waals surface area contributed by atoms with E-state index >= 15 is 0 Å². The van der Waals surface area contributed by atoms with Gasteiger partial charge in [-0.25, -0.2) is 4.79 Å². The predicted octanol–water partition coefficient (Wildman–Crippen LogP) is 5.94. The molecule has 0 radical (unpaired) electrons. The molecule has 2 saturated heterocycles. The number of amides is 4. The Morgan fingerprint density at radius 3 is 1.98 bits per heavy atom. The first-order chi connectivity index (χ1) is 21.8. The minimum absolute atomic E-state index is 0.0538. The topological polar surface area (TPSA) is 143 Å². The van der Waals surface area contributed by atoms with E-state index in [0.29, 0.717) is 37.6 Å². The van der Waals surface area contributed by atoms with Crippen molar-refractivity contribution in [3.8, 4) is 0 Å². The van der Waals surface area contributed by atoms with Crippen molar-refractivity contribution in [2.45, 2.75) is 159 Å². The lowest BCUT2D eigenvalue weighted by Gasteiger charge is -2.16. The Kier molecular flexibility index (Phi) is 21.7. The summed E-state index contributed by atoms with van der Waals surface area (Å²) in [5, 5.41) is 12.4. The number of unbranched alkanes of at least 4 members (excludes halogenated alkanes) is 14. The van der Waals surface area contributed by atoms with E-state index in [9.17, 15) is 22.8 Å². The molecule has 262 valence electrons. The molecule has 0 saturated carbocycles. The molecule has 12 heteroatoms. The highest BCUT2D eigenvalue weighted by Gasteiger charge is 2.42. The first-order valence-corrected chi connectivity index (χ1v) is 20.5. The maximum atomic E-state index is 12.1. The molecule has 2 aliphatic rings. The lowest BCUT2D eigenvalue weighted by atomic mass is 10.0. The standard InChI is InChI=1S/C33H62N4O6S2/c1-2-3-4-5-11-19-26-45(41,42)43-25-18-10-8-6-7-9-13-21-30(38)34-23-16-12-17-24-35-31(39)22-15-14-20-29-32-28(27-44-29)36-33(40)37-32/h28-29,32H,2-27H2,1H3,(H,34,38)(H,35,39)(H2,36,37,40)/t28-,29-,32-/m0/s1. The van der Waals surface area contributed by atoms with Crippen LogP contribution in [0.15, 0.2) is 0 Å². The van der Waals surface area contributed by atoms with Crippen molar-refractivity contribution in [2.75, 3.05) is 31.2 Å². The minimum Gasteiger partial charge on any atom is -0.356 e. The van der Waals surface area contributed by atoms with Crippen LogP contribution in [0.5, 0.6) is 0 Å². The van der Waals surface area contributed by atoms with Crippen molar-refractivity contribution in [3.63, 3.8) is 0 Å². The van der Waals surface area contributed by atoms with Crippen LogP contribution in [-0.2, 0) is 23.9 Å². The molecule has 2 aliphatic heterocycles. The van der Waals surface area contributed by atoms with Crippen molar-refractivity contribution < 1.29 is 27.0 Å². The van der Waals surface area contributed by atoms with E-state index in [4.69, 9.17) is 4.18 Å². The number of rotatable bonds is 29. The second-order valence-corrected chi connectivity index (χ2v) is 15.7. The molecule has 0 unspecified atom stereocenters. The van der Waals surface area contributed by atoms with E-state index in [1.54, 1.807) is 0 Å². The van der Waals surface area contributed by atoms with E-state index in [1.807, 2.05) is 11.8 Å². The number of carbonyl (C=O) groups is 3. The van der Waals surface area contributed by atoms with Gasteiger partial charge in [-0.3, -0.25) is 13.8 Å². The molecular formula is C33H62N4O6S2. The molecule has 4 N–H and O–H groups in total. The van der Waals surface area contributed by atoms with Gasteiger partial charge in [0.25, 0.3) is 10.1 Å². The molecule has 2 rings (SSSR count). The first-order valence-electron chi connectivity index (χ1n) is 17.9. The second kappa shape index (κ2) is 24.6. The summed E-state index contributed by atoms with van der Waals surface area (Å²) < 4.78 is 29.0. The Labute approximate surface area is 277 Å². The fourth-order valence-corrected chi connectivity index (χ4v) is 8.50. The highest BCUT2D eigenvalue weighted by atomic mass is 32.2. The van der Waals surface area contributed by atoms with Crippen molar-refractivity contribution >= 4 is 39.7 Å². The smallest absolute Gasteiger partial charge is 0.315 e. The summed E-state index contributed by atoms with van der Waals surface area (Å²) in [6, 6.07) is 0.433. The molecule has 3 atom stereocenters. The minimum atomic E-state index is -3.37. The number of thioether (sulfide) groups is 1. The molecule has 4 amide bonds. The van der Waals surface area contributed by atoms with Crippen LogP contribution in [0.3, 0.4) is 0 Å². The number of hydrogen-bond donors (Lipinski definition) is 4. The van der Waals surface area contributed by atoms with Gasteiger partial charge in [-0.2, -0.15) is 20.2 Å². The summed E-state index contributed by atoms with van der Waals surface area (Å²) in [6.45, 7) is 3.82. The zero-order valence-electron chi connectivity index (χ0n) is 27.9. The maximum absolute atomic E-state index is 12.1. The van der Waals surface area contributed by atoms with Crippen molar-refractivity contribution in [3.05, 3.63) is 0 Å². The monoisotopic (exact) mass is 674 g/mol. The van der Waals surface area contributed by atoms with Gasteiger partial charge >= 0.3 is 6.03 Å². The average Bonchev–Trinajstić information content (AvgIpc) is 3.56. The number of nitrogens with one attached hydrogen (secondary N) is 4. The van der Waals surface area contributed by atoms with Gasteiger partial charge in [0.2, 0.25) is 11.8 Å². The predicted molar refractivity (Wildman–Crippen MR) is 184 cm³/mol. The highest BCUT2D eigenvalue weighted by molar-refractivity contribution is 8.00. The summed E-state index contributed by atoms with van der Waals surface area (Å²) >= 11 is 1.91. The quantitative estimate of drug-likeness (QED) is 0.0437. The van der Waals surface area contributed by atoms with Gasteiger partial charge in [0.15, 0.2) is 0 Å². The largest absolute Gasteiger partial charge is 0.356 e. The van der Waals surface area contributed by atoms with E-state index < -0.39 is 10.1 Å². The molecule has 10 nitrogen and oxygen atoms in total. The van der Waals surface area contributed by atoms with Gasteiger partial charge in [0.05, 0.1) is 24.4 Å². The van der Waals surface area contributed by atoms with Crippen LogP contribution in [0.1, 0.15) is 142 Å². The number of hydrogen-bond acceptors (Lipinski definition) is 7. The number of fused-ring (bicyclic) bond motifs is 1. The van der Waals surface area contributed by atoms with Crippen LogP contribution in [0, 0.1) is 0 Å². The Balaban J connectivity index is 1.28. The molecule has 0 aliphatic carbocycles. The van der Waals surface area contributed by atoms with Gasteiger partial charge in [-0.1, -0.05) is 77.6 Å². The summed E-state index contributed by atoms with van der Waals surface area (Å²) in [5.41, 5.74) is 0. The second-order valence-electron chi connectivity index (χ2n) is 12.7. The molecule has 2 fully saturated rings. The van der Waals surface area contributed by atoms with E-state index in [0.717, 1.165) is 102 Å². The first kappa shape index (κ1) is 39.6. The maximum Gasteiger partial charge on any atom is 0.315 e. The van der Waals surface area contributed by atoms with Crippen LogP contribution in [0.25, 0.3) is 0 Å². The van der Waals surface area contributed by atoms with Gasteiger partial charge < -0.3 is 21.3 Å². The van der Waals surface area contributed by atoms with Crippen LogP contribution in [0.2, 0.25) is 0 Å². The lowest BCUT2D eigenvalue weighted by Crippen LogP contribution is -2.36. The average molecular weight is 675 g/mol. The Morgan fingerprint density at radius 2 is 1.31 bits per heavy atom. The molecule has 0 aromatic rings. The molecule has 2 heterocycles. The number of carbonyl (C=O) groups excluding carboxylic acids is 3. The Hall–Kier alpha value is -1.53. The normalized spacial score (nSPS) is 19.2. The van der Waals surface area contributed by atoms with Crippen molar-refractivity contribution in [1.29, 1.82) is 0 Å². The third-order valence-electron chi connectivity index (χ3n) is 8.64. The lowest BCUT2D eigenvalue weighted by molar-refractivity contribution is -0.121. The SMILES string of the molecule is CCCCCCCCS(=O)(=O)OCCCCCCCCCC(=O)NCCCCCNC(=O)CCCC[C@@H]1SC[C@@H]2NC(=O)N[C@@H]21. The van der Waals surface area contributed by atoms with Crippen LogP contribution >= 0.6 is 11.8 Å². The molecule has 0 aromatic carbocycles. The summed E-state index contributed by atoms with van der Waals surface area (Å²) in [4.78, 5) is 35.6. The van der Waals surface area contributed by atoms with Gasteiger partial charge in [-0.05, 0) is 51.4 Å². The van der Waals surface area contributed by atoms with Gasteiger partial charge in [-0.15, -0.1) is 0 Å². The summed E-state index contributed by atoms with van der Waals surface area (Å²) in [7, 11) is -3.37. The zero-order chi connectivity index (χ0) is 32.6. The number of urea groups is 1. The molecular weight excluding hydrogens is 613 g/mol. The highest BCUT2D eigenvalue weighted by Crippen LogP contribution is 2.33. The fourth-order valence-electron chi connectivity index (χ4n) is 5.91. The molecule has 0 spiro atoms. The van der Waals surface area contributed by atoms with E-state index in [-0.39, 0.29) is 42.3 Å². The Bertz CT molecular complexity index is 936. The van der Waals surface area contributed by atoms with Gasteiger partial charge in [0.1, 0.15) is 0 Å². The van der Waals surface area contributed by atoms with Crippen LogP contribution < -0.4 is 21.3 Å².